The van der Waals surface area contributed by atoms with E-state index < -0.39 is 5.60 Å². The molecule has 2 bridgehead atoms. The standard InChI is InChI=1S/C23H29NO4/c1-23(2)19-16-27-24(13-17-9-5-3-6-10-17)21(20(14-25)28-23)22(19)26-15-18-11-7-4-8-12-18/h3-12,19-22,25H,13-16H2,1-2H3/t19-,20-,21+,22-/m1/s1. The predicted octanol–water partition coefficient (Wildman–Crippen LogP) is 3.17. The first-order chi connectivity index (χ1) is 13.6. The minimum absolute atomic E-state index is 0.0688. The molecule has 2 fully saturated rings. The van der Waals surface area contributed by atoms with E-state index in [2.05, 4.69) is 38.1 Å². The van der Waals surface area contributed by atoms with Crippen LogP contribution in [0.5, 0.6) is 0 Å². The van der Waals surface area contributed by atoms with Gasteiger partial charge in [-0.15, -0.1) is 0 Å². The zero-order chi connectivity index (χ0) is 19.6. The summed E-state index contributed by atoms with van der Waals surface area (Å²) < 4.78 is 12.7. The van der Waals surface area contributed by atoms with Crippen molar-refractivity contribution in [2.75, 3.05) is 13.2 Å². The summed E-state index contributed by atoms with van der Waals surface area (Å²) in [6, 6.07) is 20.2. The summed E-state index contributed by atoms with van der Waals surface area (Å²) in [5.41, 5.74) is 1.87. The van der Waals surface area contributed by atoms with Crippen LogP contribution in [0.15, 0.2) is 60.7 Å². The van der Waals surface area contributed by atoms with E-state index >= 15 is 0 Å². The molecule has 150 valence electrons. The lowest BCUT2D eigenvalue weighted by Gasteiger charge is -2.56. The predicted molar refractivity (Wildman–Crippen MR) is 106 cm³/mol. The first-order valence-electron chi connectivity index (χ1n) is 9.96. The van der Waals surface area contributed by atoms with E-state index in [1.807, 2.05) is 41.5 Å². The van der Waals surface area contributed by atoms with Crippen LogP contribution in [0.1, 0.15) is 25.0 Å². The SMILES string of the molecule is CC1(C)O[C@H](CO)[C@H]2[C@H](OCc3ccccc3)[C@H]1CON2Cc1ccccc1. The van der Waals surface area contributed by atoms with E-state index in [-0.39, 0.29) is 30.8 Å². The van der Waals surface area contributed by atoms with Crippen molar-refractivity contribution in [3.05, 3.63) is 71.8 Å². The van der Waals surface area contributed by atoms with Gasteiger partial charge in [0.15, 0.2) is 0 Å². The summed E-state index contributed by atoms with van der Waals surface area (Å²) in [6.45, 7) is 5.75. The van der Waals surface area contributed by atoms with Gasteiger partial charge < -0.3 is 14.6 Å². The van der Waals surface area contributed by atoms with E-state index in [0.29, 0.717) is 19.8 Å². The molecular formula is C23H29NO4. The minimum atomic E-state index is -0.426. The van der Waals surface area contributed by atoms with Gasteiger partial charge in [0.25, 0.3) is 0 Å². The van der Waals surface area contributed by atoms with Gasteiger partial charge in [0.2, 0.25) is 0 Å². The fourth-order valence-electron chi connectivity index (χ4n) is 4.34. The summed E-state index contributed by atoms with van der Waals surface area (Å²) in [5, 5.41) is 12.0. The fourth-order valence-corrected chi connectivity index (χ4v) is 4.34. The molecule has 5 heteroatoms. The third-order valence-corrected chi connectivity index (χ3v) is 5.86. The second-order valence-electron chi connectivity index (χ2n) is 8.16. The highest BCUT2D eigenvalue weighted by atomic mass is 16.7. The fraction of sp³-hybridized carbons (Fsp3) is 0.478. The molecule has 2 aliphatic heterocycles. The molecule has 1 N–H and O–H groups in total. The largest absolute Gasteiger partial charge is 0.394 e. The van der Waals surface area contributed by atoms with E-state index in [4.69, 9.17) is 14.3 Å². The molecule has 4 rings (SSSR count). The van der Waals surface area contributed by atoms with Crippen LogP contribution in [-0.2, 0) is 27.5 Å². The summed E-state index contributed by atoms with van der Waals surface area (Å²) in [7, 11) is 0. The van der Waals surface area contributed by atoms with Crippen molar-refractivity contribution in [1.29, 1.82) is 0 Å². The first kappa shape index (κ1) is 19.6. The Labute approximate surface area is 166 Å². The molecule has 2 aliphatic rings. The number of hydrogen-bond acceptors (Lipinski definition) is 5. The van der Waals surface area contributed by atoms with Crippen molar-refractivity contribution in [1.82, 2.24) is 5.06 Å². The maximum absolute atomic E-state index is 10.1. The molecule has 2 heterocycles. The van der Waals surface area contributed by atoms with Gasteiger partial charge in [0.1, 0.15) is 6.10 Å². The highest BCUT2D eigenvalue weighted by molar-refractivity contribution is 5.16. The lowest BCUT2D eigenvalue weighted by Crippen LogP contribution is -2.69. The van der Waals surface area contributed by atoms with Gasteiger partial charge in [-0.2, -0.15) is 5.06 Å². The first-order valence-corrected chi connectivity index (χ1v) is 9.96. The molecule has 0 unspecified atom stereocenters. The molecule has 0 radical (unpaired) electrons. The van der Waals surface area contributed by atoms with Crippen LogP contribution in [0.3, 0.4) is 0 Å². The van der Waals surface area contributed by atoms with Crippen LogP contribution in [0.2, 0.25) is 0 Å². The number of rotatable bonds is 6. The van der Waals surface area contributed by atoms with Crippen molar-refractivity contribution in [3.63, 3.8) is 0 Å². The third kappa shape index (κ3) is 4.00. The van der Waals surface area contributed by atoms with E-state index in [0.717, 1.165) is 11.1 Å². The van der Waals surface area contributed by atoms with Gasteiger partial charge in [-0.1, -0.05) is 60.7 Å². The Hall–Kier alpha value is -1.76. The average molecular weight is 383 g/mol. The number of aliphatic hydroxyl groups is 1. The molecule has 0 saturated carbocycles. The van der Waals surface area contributed by atoms with Gasteiger partial charge >= 0.3 is 0 Å². The lowest BCUT2D eigenvalue weighted by atomic mass is 9.77. The van der Waals surface area contributed by atoms with Crippen LogP contribution in [0, 0.1) is 5.92 Å². The summed E-state index contributed by atoms with van der Waals surface area (Å²) in [6.07, 6.45) is -0.449. The lowest BCUT2D eigenvalue weighted by molar-refractivity contribution is -0.356. The number of fused-ring (bicyclic) bond motifs is 2. The van der Waals surface area contributed by atoms with E-state index in [1.165, 1.54) is 0 Å². The third-order valence-electron chi connectivity index (χ3n) is 5.86. The quantitative estimate of drug-likeness (QED) is 0.830. The molecule has 2 aromatic carbocycles. The molecule has 2 aromatic rings. The minimum Gasteiger partial charge on any atom is -0.394 e. The van der Waals surface area contributed by atoms with E-state index in [1.54, 1.807) is 0 Å². The van der Waals surface area contributed by atoms with Crippen molar-refractivity contribution in [2.24, 2.45) is 5.92 Å². The Balaban J connectivity index is 1.58. The Morgan fingerprint density at radius 2 is 1.68 bits per heavy atom. The summed E-state index contributed by atoms with van der Waals surface area (Å²) in [4.78, 5) is 6.16. The number of aliphatic hydroxyl groups excluding tert-OH is 1. The molecule has 2 saturated heterocycles. The van der Waals surface area contributed by atoms with Gasteiger partial charge in [-0.25, -0.2) is 0 Å². The molecule has 0 spiro atoms. The second-order valence-corrected chi connectivity index (χ2v) is 8.16. The number of hydrogen-bond donors (Lipinski definition) is 1. The van der Waals surface area contributed by atoms with Crippen molar-refractivity contribution in [3.8, 4) is 0 Å². The molecule has 4 atom stereocenters. The maximum atomic E-state index is 10.1. The molecule has 0 aliphatic carbocycles. The summed E-state index contributed by atoms with van der Waals surface area (Å²) in [5.74, 6) is 0.0936. The highest BCUT2D eigenvalue weighted by Crippen LogP contribution is 2.42. The average Bonchev–Trinajstić information content (AvgIpc) is 2.71. The maximum Gasteiger partial charge on any atom is 0.102 e. The molecule has 0 amide bonds. The van der Waals surface area contributed by atoms with Crippen LogP contribution in [0.4, 0.5) is 0 Å². The number of nitrogens with zero attached hydrogens (tertiary/aromatic N) is 1. The number of ether oxygens (including phenoxy) is 2. The van der Waals surface area contributed by atoms with Gasteiger partial charge in [0, 0.05) is 12.5 Å². The molecular weight excluding hydrogens is 354 g/mol. The van der Waals surface area contributed by atoms with Crippen molar-refractivity contribution < 1.29 is 19.4 Å². The number of benzene rings is 2. The topological polar surface area (TPSA) is 51.2 Å². The Morgan fingerprint density at radius 1 is 1.04 bits per heavy atom. The Bertz CT molecular complexity index is 752. The zero-order valence-corrected chi connectivity index (χ0v) is 16.5. The van der Waals surface area contributed by atoms with Crippen LogP contribution >= 0.6 is 0 Å². The summed E-state index contributed by atoms with van der Waals surface area (Å²) >= 11 is 0. The van der Waals surface area contributed by atoms with E-state index in [9.17, 15) is 5.11 Å². The monoisotopic (exact) mass is 383 g/mol. The number of hydroxylamine groups is 2. The Kier molecular flexibility index (Phi) is 5.80. The van der Waals surface area contributed by atoms with Crippen LogP contribution in [-0.4, -0.2) is 47.2 Å². The zero-order valence-electron chi connectivity index (χ0n) is 16.5. The second kappa shape index (κ2) is 8.31. The Morgan fingerprint density at radius 3 is 2.32 bits per heavy atom. The smallest absolute Gasteiger partial charge is 0.102 e. The van der Waals surface area contributed by atoms with Gasteiger partial charge in [-0.3, -0.25) is 4.84 Å². The van der Waals surface area contributed by atoms with Crippen LogP contribution < -0.4 is 0 Å². The van der Waals surface area contributed by atoms with Crippen molar-refractivity contribution >= 4 is 0 Å². The van der Waals surface area contributed by atoms with Crippen molar-refractivity contribution in [2.45, 2.75) is 50.8 Å². The molecule has 28 heavy (non-hydrogen) atoms. The van der Waals surface area contributed by atoms with Crippen LogP contribution in [0.25, 0.3) is 0 Å². The molecule has 5 nitrogen and oxygen atoms in total. The van der Waals surface area contributed by atoms with Gasteiger partial charge in [0.05, 0.1) is 37.6 Å². The molecule has 0 aromatic heterocycles. The normalized spacial score (nSPS) is 29.5. The van der Waals surface area contributed by atoms with Gasteiger partial charge in [-0.05, 0) is 25.0 Å². The highest BCUT2D eigenvalue weighted by Gasteiger charge is 2.55.